The number of hydrogen-bond acceptors (Lipinski definition) is 5. The molecule has 3 aromatic heterocycles. The molecular weight excluding hydrogens is 282 g/mol. The highest BCUT2D eigenvalue weighted by atomic mass is 32.1. The number of aromatic nitrogens is 4. The van der Waals surface area contributed by atoms with E-state index in [-0.39, 0.29) is 0 Å². The summed E-state index contributed by atoms with van der Waals surface area (Å²) in [4.78, 5) is 11.6. The molecule has 0 aliphatic carbocycles. The summed E-state index contributed by atoms with van der Waals surface area (Å²) in [7, 11) is 0. The molecule has 0 amide bonds. The van der Waals surface area contributed by atoms with Crippen LogP contribution < -0.4 is 0 Å². The lowest BCUT2D eigenvalue weighted by atomic mass is 9.94. The van der Waals surface area contributed by atoms with Gasteiger partial charge in [0.2, 0.25) is 0 Å². The molecule has 0 saturated carbocycles. The van der Waals surface area contributed by atoms with Gasteiger partial charge >= 0.3 is 0 Å². The third-order valence-corrected chi connectivity index (χ3v) is 4.75. The van der Waals surface area contributed by atoms with Crippen LogP contribution in [0.4, 0.5) is 0 Å². The molecule has 0 spiro atoms. The van der Waals surface area contributed by atoms with Crippen LogP contribution in [0.1, 0.15) is 30.1 Å². The zero-order valence-corrected chi connectivity index (χ0v) is 12.5. The summed E-state index contributed by atoms with van der Waals surface area (Å²) >= 11 is 1.67. The molecule has 1 N–H and O–H groups in total. The minimum Gasteiger partial charge on any atom is -0.297 e. The molecule has 1 aliphatic rings. The fourth-order valence-electron chi connectivity index (χ4n) is 3.05. The summed E-state index contributed by atoms with van der Waals surface area (Å²) in [5.41, 5.74) is 5.15. The van der Waals surface area contributed by atoms with Crippen LogP contribution in [0.25, 0.3) is 11.0 Å². The Hall–Kier alpha value is -1.79. The number of nitrogens with one attached hydrogen (secondary N) is 1. The Morgan fingerprint density at radius 3 is 3.29 bits per heavy atom. The normalized spacial score (nSPS) is 20.1. The lowest BCUT2D eigenvalue weighted by Crippen LogP contribution is -2.34. The van der Waals surface area contributed by atoms with E-state index >= 15 is 0 Å². The molecule has 6 heteroatoms. The second kappa shape index (κ2) is 5.54. The maximum atomic E-state index is 4.73. The third kappa shape index (κ3) is 2.69. The van der Waals surface area contributed by atoms with Gasteiger partial charge in [-0.05, 0) is 31.5 Å². The van der Waals surface area contributed by atoms with Gasteiger partial charge in [0.15, 0.2) is 5.65 Å². The van der Waals surface area contributed by atoms with E-state index in [0.29, 0.717) is 5.92 Å². The van der Waals surface area contributed by atoms with Crippen LogP contribution in [-0.4, -0.2) is 38.2 Å². The maximum absolute atomic E-state index is 4.73. The van der Waals surface area contributed by atoms with Crippen LogP contribution in [0.15, 0.2) is 29.2 Å². The number of likely N-dealkylation sites (tertiary alicyclic amines) is 1. The molecule has 0 bridgehead atoms. The lowest BCUT2D eigenvalue weighted by molar-refractivity contribution is 0.197. The second-order valence-electron chi connectivity index (χ2n) is 5.60. The first kappa shape index (κ1) is 12.9. The SMILES string of the molecule is c1nc(CN2CCCC(c3ccc4cn[nH]c4n3)C2)cs1. The Balaban J connectivity index is 1.51. The van der Waals surface area contributed by atoms with E-state index in [1.54, 1.807) is 11.3 Å². The first-order valence-electron chi connectivity index (χ1n) is 7.28. The second-order valence-corrected chi connectivity index (χ2v) is 6.32. The smallest absolute Gasteiger partial charge is 0.155 e. The summed E-state index contributed by atoms with van der Waals surface area (Å²) < 4.78 is 0. The molecule has 0 aromatic carbocycles. The van der Waals surface area contributed by atoms with Gasteiger partial charge < -0.3 is 0 Å². The predicted octanol–water partition coefficient (Wildman–Crippen LogP) is 2.79. The largest absolute Gasteiger partial charge is 0.297 e. The van der Waals surface area contributed by atoms with Gasteiger partial charge in [-0.3, -0.25) is 10.00 Å². The van der Waals surface area contributed by atoms with Crippen LogP contribution >= 0.6 is 11.3 Å². The monoisotopic (exact) mass is 299 g/mol. The number of fused-ring (bicyclic) bond motifs is 1. The van der Waals surface area contributed by atoms with E-state index in [1.165, 1.54) is 24.2 Å². The highest BCUT2D eigenvalue weighted by molar-refractivity contribution is 7.07. The van der Waals surface area contributed by atoms with Crippen LogP contribution in [-0.2, 0) is 6.54 Å². The van der Waals surface area contributed by atoms with Gasteiger partial charge in [-0.1, -0.05) is 0 Å². The minimum atomic E-state index is 0.505. The Bertz CT molecular complexity index is 721. The number of rotatable bonds is 3. The van der Waals surface area contributed by atoms with Gasteiger partial charge in [-0.2, -0.15) is 5.10 Å². The maximum Gasteiger partial charge on any atom is 0.155 e. The van der Waals surface area contributed by atoms with Crippen molar-refractivity contribution in [1.29, 1.82) is 0 Å². The summed E-state index contributed by atoms with van der Waals surface area (Å²) in [5, 5.41) is 10.2. The molecule has 108 valence electrons. The zero-order chi connectivity index (χ0) is 14.1. The number of aromatic amines is 1. The number of piperidine rings is 1. The van der Waals surface area contributed by atoms with Crippen molar-refractivity contribution in [3.8, 4) is 0 Å². The Labute approximate surface area is 127 Å². The number of H-pyrrole nitrogens is 1. The van der Waals surface area contributed by atoms with Crippen LogP contribution in [0.2, 0.25) is 0 Å². The molecule has 5 nitrogen and oxygen atoms in total. The van der Waals surface area contributed by atoms with Crippen molar-refractivity contribution in [2.24, 2.45) is 0 Å². The van der Waals surface area contributed by atoms with Crippen molar-refractivity contribution in [2.45, 2.75) is 25.3 Å². The fraction of sp³-hybridized carbons (Fsp3) is 0.400. The van der Waals surface area contributed by atoms with E-state index in [9.17, 15) is 0 Å². The summed E-state index contributed by atoms with van der Waals surface area (Å²) in [6.07, 6.45) is 4.25. The van der Waals surface area contributed by atoms with Crippen molar-refractivity contribution < 1.29 is 0 Å². The molecule has 1 atom stereocenters. The molecule has 4 rings (SSSR count). The van der Waals surface area contributed by atoms with E-state index in [2.05, 4.69) is 37.6 Å². The highest BCUT2D eigenvalue weighted by Gasteiger charge is 2.23. The lowest BCUT2D eigenvalue weighted by Gasteiger charge is -2.31. The molecule has 0 radical (unpaired) electrons. The van der Waals surface area contributed by atoms with E-state index in [0.717, 1.165) is 30.7 Å². The van der Waals surface area contributed by atoms with Crippen LogP contribution in [0, 0.1) is 0 Å². The van der Waals surface area contributed by atoms with Gasteiger partial charge in [0.25, 0.3) is 0 Å². The average Bonchev–Trinajstić information content (AvgIpc) is 3.17. The quantitative estimate of drug-likeness (QED) is 0.808. The zero-order valence-electron chi connectivity index (χ0n) is 11.7. The van der Waals surface area contributed by atoms with Gasteiger partial charge in [-0.15, -0.1) is 11.3 Å². The Morgan fingerprint density at radius 1 is 1.38 bits per heavy atom. The molecule has 1 fully saturated rings. The average molecular weight is 299 g/mol. The molecule has 3 aromatic rings. The number of hydrogen-bond donors (Lipinski definition) is 1. The Kier molecular flexibility index (Phi) is 3.40. The standard InChI is InChI=1S/C15H17N5S/c1-2-12(7-20(5-1)8-13-9-21-10-16-13)14-4-3-11-6-17-19-15(11)18-14/h3-4,6,9-10,12H,1-2,5,7-8H2,(H,17,18,19). The minimum absolute atomic E-state index is 0.505. The van der Waals surface area contributed by atoms with Crippen molar-refractivity contribution in [3.63, 3.8) is 0 Å². The molecular formula is C15H17N5S. The van der Waals surface area contributed by atoms with Gasteiger partial charge in [-0.25, -0.2) is 9.97 Å². The van der Waals surface area contributed by atoms with E-state index in [4.69, 9.17) is 4.98 Å². The number of thiazole rings is 1. The van der Waals surface area contributed by atoms with Gasteiger partial charge in [0, 0.05) is 35.5 Å². The van der Waals surface area contributed by atoms with Crippen molar-refractivity contribution in [3.05, 3.63) is 40.6 Å². The predicted molar refractivity (Wildman–Crippen MR) is 83.3 cm³/mol. The number of nitrogens with zero attached hydrogens (tertiary/aromatic N) is 4. The first-order valence-corrected chi connectivity index (χ1v) is 8.22. The van der Waals surface area contributed by atoms with E-state index in [1.807, 2.05) is 11.7 Å². The van der Waals surface area contributed by atoms with Gasteiger partial charge in [0.1, 0.15) is 0 Å². The summed E-state index contributed by atoms with van der Waals surface area (Å²) in [6, 6.07) is 4.26. The van der Waals surface area contributed by atoms with Crippen molar-refractivity contribution >= 4 is 22.4 Å². The summed E-state index contributed by atoms with van der Waals surface area (Å²) in [6.45, 7) is 3.16. The topological polar surface area (TPSA) is 57.7 Å². The van der Waals surface area contributed by atoms with Crippen molar-refractivity contribution in [1.82, 2.24) is 25.1 Å². The molecule has 1 aliphatic heterocycles. The highest BCUT2D eigenvalue weighted by Crippen LogP contribution is 2.27. The van der Waals surface area contributed by atoms with Crippen LogP contribution in [0.5, 0.6) is 0 Å². The first-order chi connectivity index (χ1) is 10.4. The molecule has 1 unspecified atom stereocenters. The van der Waals surface area contributed by atoms with Crippen LogP contribution in [0.3, 0.4) is 0 Å². The number of pyridine rings is 1. The molecule has 4 heterocycles. The van der Waals surface area contributed by atoms with Crippen molar-refractivity contribution in [2.75, 3.05) is 13.1 Å². The Morgan fingerprint density at radius 2 is 2.38 bits per heavy atom. The summed E-state index contributed by atoms with van der Waals surface area (Å²) in [5.74, 6) is 0.505. The van der Waals surface area contributed by atoms with Gasteiger partial charge in [0.05, 0.1) is 17.4 Å². The third-order valence-electron chi connectivity index (χ3n) is 4.11. The van der Waals surface area contributed by atoms with E-state index < -0.39 is 0 Å². The molecule has 21 heavy (non-hydrogen) atoms. The molecule has 1 saturated heterocycles. The fourth-order valence-corrected chi connectivity index (χ4v) is 3.60.